The molecule has 0 aliphatic carbocycles. The molecule has 0 heterocycles. The Morgan fingerprint density at radius 3 is 2.13 bits per heavy atom. The first-order valence-corrected chi connectivity index (χ1v) is 9.06. The van der Waals surface area contributed by atoms with Crippen LogP contribution in [0.3, 0.4) is 0 Å². The van der Waals surface area contributed by atoms with Gasteiger partial charge in [0.2, 0.25) is 0 Å². The van der Waals surface area contributed by atoms with Crippen molar-refractivity contribution in [2.24, 2.45) is 0 Å². The lowest BCUT2D eigenvalue weighted by molar-refractivity contribution is -0.913. The van der Waals surface area contributed by atoms with Crippen molar-refractivity contribution in [3.63, 3.8) is 0 Å². The highest BCUT2D eigenvalue weighted by atomic mass is 79.9. The van der Waals surface area contributed by atoms with Crippen LogP contribution in [-0.2, 0) is 9.53 Å². The van der Waals surface area contributed by atoms with E-state index in [9.17, 15) is 4.79 Å². The van der Waals surface area contributed by atoms with Gasteiger partial charge in [0.1, 0.15) is 13.2 Å². The summed E-state index contributed by atoms with van der Waals surface area (Å²) < 4.78 is 6.00. The molecule has 0 aromatic carbocycles. The summed E-state index contributed by atoms with van der Waals surface area (Å²) in [7, 11) is 4.44. The van der Waals surface area contributed by atoms with Crippen LogP contribution in [0, 0.1) is 0 Å². The van der Waals surface area contributed by atoms with E-state index >= 15 is 0 Å². The van der Waals surface area contributed by atoms with Crippen LogP contribution in [0.25, 0.3) is 0 Å². The normalized spacial score (nSPS) is 12.3. The molecule has 0 spiro atoms. The molecule has 1 atom stereocenters. The van der Waals surface area contributed by atoms with Gasteiger partial charge in [0, 0.05) is 6.08 Å². The second-order valence-electron chi connectivity index (χ2n) is 6.99. The van der Waals surface area contributed by atoms with Gasteiger partial charge in [0.25, 0.3) is 0 Å². The lowest BCUT2D eigenvalue weighted by Gasteiger charge is -2.36. The Morgan fingerprint density at radius 2 is 1.61 bits per heavy atom. The molecule has 0 bridgehead atoms. The number of quaternary nitrogens is 1. The molecule has 3 nitrogen and oxygen atoms in total. The molecular weight excluding hydrogens is 354 g/mol. The number of unbranched alkanes of at least 4 members (excludes halogenated alkanes) is 7. The lowest BCUT2D eigenvalue weighted by Crippen LogP contribution is -3.00. The van der Waals surface area contributed by atoms with Gasteiger partial charge in [-0.05, 0) is 19.8 Å². The predicted octanol–water partition coefficient (Wildman–Crippen LogP) is 1.72. The van der Waals surface area contributed by atoms with Crippen molar-refractivity contribution in [1.29, 1.82) is 0 Å². The summed E-state index contributed by atoms with van der Waals surface area (Å²) in [6, 6.07) is 0.600. The van der Waals surface area contributed by atoms with Crippen LogP contribution in [-0.4, -0.2) is 43.7 Å². The molecule has 0 aromatic heterocycles. The molecule has 0 amide bonds. The van der Waals surface area contributed by atoms with Crippen molar-refractivity contribution in [2.45, 2.75) is 77.7 Å². The molecule has 0 aromatic rings. The standard InChI is InChI=1S/C19H38NO2.BrH/c1-6-8-9-10-11-12-13-14-15-18(3)20(4,5)16-17-22-19(21)7-2;/h7,18H,2,6,8-17H2,1,3-5H3;1H/q+1;/p-1. The van der Waals surface area contributed by atoms with Crippen LogP contribution < -0.4 is 17.0 Å². The summed E-state index contributed by atoms with van der Waals surface area (Å²) in [5.74, 6) is -0.323. The fourth-order valence-corrected chi connectivity index (χ4v) is 2.58. The first kappa shape index (κ1) is 24.9. The van der Waals surface area contributed by atoms with E-state index in [1.54, 1.807) is 0 Å². The van der Waals surface area contributed by atoms with E-state index in [4.69, 9.17) is 4.74 Å². The zero-order chi connectivity index (χ0) is 16.8. The van der Waals surface area contributed by atoms with Crippen LogP contribution in [0.1, 0.15) is 71.6 Å². The maximum absolute atomic E-state index is 11.1. The number of halogens is 1. The van der Waals surface area contributed by atoms with Gasteiger partial charge in [-0.2, -0.15) is 0 Å². The molecule has 0 saturated carbocycles. The van der Waals surface area contributed by atoms with Crippen molar-refractivity contribution in [3.8, 4) is 0 Å². The first-order valence-electron chi connectivity index (χ1n) is 9.06. The fraction of sp³-hybridized carbons (Fsp3) is 0.842. The molecular formula is C19H38BrNO2. The molecule has 0 saturated heterocycles. The second-order valence-corrected chi connectivity index (χ2v) is 6.99. The topological polar surface area (TPSA) is 26.3 Å². The van der Waals surface area contributed by atoms with E-state index in [-0.39, 0.29) is 23.0 Å². The molecule has 1 unspecified atom stereocenters. The van der Waals surface area contributed by atoms with Crippen LogP contribution in [0.5, 0.6) is 0 Å². The number of carbonyl (C=O) groups is 1. The molecule has 0 aliphatic heterocycles. The molecule has 0 rings (SSSR count). The van der Waals surface area contributed by atoms with E-state index in [1.807, 2.05) is 0 Å². The van der Waals surface area contributed by atoms with Gasteiger partial charge < -0.3 is 26.2 Å². The van der Waals surface area contributed by atoms with Crippen LogP contribution in [0.15, 0.2) is 12.7 Å². The Kier molecular flexibility index (Phi) is 16.4. The van der Waals surface area contributed by atoms with E-state index in [2.05, 4.69) is 34.5 Å². The third-order valence-electron chi connectivity index (χ3n) is 4.75. The molecule has 23 heavy (non-hydrogen) atoms. The third kappa shape index (κ3) is 13.8. The largest absolute Gasteiger partial charge is 1.00 e. The van der Waals surface area contributed by atoms with Gasteiger partial charge in [0.05, 0.1) is 20.1 Å². The highest BCUT2D eigenvalue weighted by Crippen LogP contribution is 2.16. The van der Waals surface area contributed by atoms with Gasteiger partial charge in [-0.15, -0.1) is 0 Å². The van der Waals surface area contributed by atoms with Crippen molar-refractivity contribution in [2.75, 3.05) is 27.2 Å². The third-order valence-corrected chi connectivity index (χ3v) is 4.75. The summed E-state index contributed by atoms with van der Waals surface area (Å²) >= 11 is 0. The van der Waals surface area contributed by atoms with Crippen molar-refractivity contribution < 1.29 is 31.0 Å². The van der Waals surface area contributed by atoms with E-state index in [0.717, 1.165) is 11.0 Å². The summed E-state index contributed by atoms with van der Waals surface area (Å²) in [6.45, 7) is 9.31. The minimum Gasteiger partial charge on any atom is -1.00 e. The number of ether oxygens (including phenoxy) is 1. The number of hydrogen-bond acceptors (Lipinski definition) is 2. The number of rotatable bonds is 14. The number of hydrogen-bond donors (Lipinski definition) is 0. The monoisotopic (exact) mass is 391 g/mol. The maximum Gasteiger partial charge on any atom is 0.330 e. The quantitative estimate of drug-likeness (QED) is 0.195. The highest BCUT2D eigenvalue weighted by molar-refractivity contribution is 5.81. The number of esters is 1. The maximum atomic E-state index is 11.1. The van der Waals surface area contributed by atoms with Crippen LogP contribution in [0.2, 0.25) is 0 Å². The summed E-state index contributed by atoms with van der Waals surface area (Å²) in [4.78, 5) is 11.1. The van der Waals surface area contributed by atoms with E-state index < -0.39 is 0 Å². The minimum absolute atomic E-state index is 0. The smallest absolute Gasteiger partial charge is 0.330 e. The highest BCUT2D eigenvalue weighted by Gasteiger charge is 2.23. The molecule has 4 heteroatoms. The molecule has 0 aliphatic rings. The Hall–Kier alpha value is -0.350. The number of carbonyl (C=O) groups excluding carboxylic acids is 1. The average Bonchev–Trinajstić information content (AvgIpc) is 2.49. The molecule has 0 N–H and O–H groups in total. The van der Waals surface area contributed by atoms with Gasteiger partial charge in [-0.25, -0.2) is 4.79 Å². The van der Waals surface area contributed by atoms with Gasteiger partial charge >= 0.3 is 5.97 Å². The van der Waals surface area contributed by atoms with E-state index in [0.29, 0.717) is 12.6 Å². The lowest BCUT2D eigenvalue weighted by atomic mass is 10.0. The Morgan fingerprint density at radius 1 is 1.09 bits per heavy atom. The van der Waals surface area contributed by atoms with Crippen molar-refractivity contribution >= 4 is 5.97 Å². The second kappa shape index (κ2) is 15.2. The zero-order valence-corrected chi connectivity index (χ0v) is 17.4. The predicted molar refractivity (Wildman–Crippen MR) is 94.8 cm³/mol. The molecule has 0 fully saturated rings. The molecule has 0 radical (unpaired) electrons. The van der Waals surface area contributed by atoms with Crippen molar-refractivity contribution in [3.05, 3.63) is 12.7 Å². The minimum atomic E-state index is -0.323. The number of likely N-dealkylation sites (N-methyl/N-ethyl adjacent to an activating group) is 1. The number of nitrogens with zero attached hydrogens (tertiary/aromatic N) is 1. The zero-order valence-electron chi connectivity index (χ0n) is 15.8. The Balaban J connectivity index is 0. The summed E-state index contributed by atoms with van der Waals surface area (Å²) in [6.07, 6.45) is 13.4. The van der Waals surface area contributed by atoms with Gasteiger partial charge in [-0.3, -0.25) is 0 Å². The van der Waals surface area contributed by atoms with Crippen LogP contribution >= 0.6 is 0 Å². The Bertz CT molecular complexity index is 306. The van der Waals surface area contributed by atoms with Gasteiger partial charge in [-0.1, -0.05) is 58.4 Å². The average molecular weight is 392 g/mol. The van der Waals surface area contributed by atoms with E-state index in [1.165, 1.54) is 63.9 Å². The Labute approximate surface area is 154 Å². The van der Waals surface area contributed by atoms with Gasteiger partial charge in [0.15, 0.2) is 0 Å². The SMILES string of the molecule is C=CC(=O)OCC[N+](C)(C)C(C)CCCCCCCCCC.[Br-]. The van der Waals surface area contributed by atoms with Crippen LogP contribution in [0.4, 0.5) is 0 Å². The first-order chi connectivity index (χ1) is 10.4. The summed E-state index contributed by atoms with van der Waals surface area (Å²) in [5.41, 5.74) is 0. The fourth-order valence-electron chi connectivity index (χ4n) is 2.58. The summed E-state index contributed by atoms with van der Waals surface area (Å²) in [5, 5.41) is 0. The molecule has 138 valence electrons. The van der Waals surface area contributed by atoms with Crippen molar-refractivity contribution in [1.82, 2.24) is 0 Å².